The van der Waals surface area contributed by atoms with Gasteiger partial charge in [0.15, 0.2) is 0 Å². The minimum atomic E-state index is 0.284. The topological polar surface area (TPSA) is 40.5 Å². The SMILES string of the molecule is CC(CO)CCC[C@@H](C)[C@H]1CC[C@H]2[C@@H]3CCC4CCCC[C@]4(CO)[C@H]3CC[C@]12C. The van der Waals surface area contributed by atoms with Crippen LogP contribution in [0.1, 0.15) is 104 Å². The van der Waals surface area contributed by atoms with E-state index in [0.29, 0.717) is 24.5 Å². The fourth-order valence-electron chi connectivity index (χ4n) is 9.44. The standard InChI is InChI=1S/C27H48O2/c1-19(17-28)7-6-8-20(2)23-12-13-24-22-11-10-21-9-4-5-15-27(21,18-29)25(22)14-16-26(23,24)3/h19-25,28-29H,4-18H2,1-3H3/t19?,20-,21?,22+,23-,24+,25+,26-,27-/m1/s1. The third-order valence-corrected chi connectivity index (χ3v) is 11.0. The Hall–Kier alpha value is -0.0800. The monoisotopic (exact) mass is 404 g/mol. The summed E-state index contributed by atoms with van der Waals surface area (Å²) in [4.78, 5) is 0. The zero-order valence-corrected chi connectivity index (χ0v) is 19.5. The Morgan fingerprint density at radius 1 is 0.862 bits per heavy atom. The fraction of sp³-hybridized carbons (Fsp3) is 1.00. The summed E-state index contributed by atoms with van der Waals surface area (Å²) in [7, 11) is 0. The summed E-state index contributed by atoms with van der Waals surface area (Å²) in [6.07, 6.45) is 17.8. The Bertz CT molecular complexity index is 547. The van der Waals surface area contributed by atoms with Crippen LogP contribution in [0.4, 0.5) is 0 Å². The van der Waals surface area contributed by atoms with Crippen LogP contribution >= 0.6 is 0 Å². The molecule has 29 heavy (non-hydrogen) atoms. The highest BCUT2D eigenvalue weighted by Gasteiger charge is 2.61. The first kappa shape index (κ1) is 22.1. The van der Waals surface area contributed by atoms with Crippen LogP contribution < -0.4 is 0 Å². The molecule has 9 atom stereocenters. The van der Waals surface area contributed by atoms with E-state index < -0.39 is 0 Å². The molecule has 0 saturated heterocycles. The van der Waals surface area contributed by atoms with Gasteiger partial charge in [-0.15, -0.1) is 0 Å². The van der Waals surface area contributed by atoms with Crippen molar-refractivity contribution in [1.29, 1.82) is 0 Å². The molecule has 2 nitrogen and oxygen atoms in total. The molecule has 168 valence electrons. The first-order chi connectivity index (χ1) is 14.0. The predicted molar refractivity (Wildman–Crippen MR) is 121 cm³/mol. The van der Waals surface area contributed by atoms with Crippen molar-refractivity contribution in [2.75, 3.05) is 13.2 Å². The van der Waals surface area contributed by atoms with E-state index in [9.17, 15) is 10.2 Å². The molecule has 0 aromatic rings. The average Bonchev–Trinajstić information content (AvgIpc) is 3.10. The van der Waals surface area contributed by atoms with E-state index in [4.69, 9.17) is 0 Å². The third-order valence-electron chi connectivity index (χ3n) is 11.0. The van der Waals surface area contributed by atoms with Crippen LogP contribution in [-0.4, -0.2) is 23.4 Å². The van der Waals surface area contributed by atoms with Crippen LogP contribution in [0.5, 0.6) is 0 Å². The van der Waals surface area contributed by atoms with Gasteiger partial charge < -0.3 is 10.2 Å². The Morgan fingerprint density at radius 2 is 1.69 bits per heavy atom. The van der Waals surface area contributed by atoms with E-state index >= 15 is 0 Å². The number of hydrogen-bond acceptors (Lipinski definition) is 2. The highest BCUT2D eigenvalue weighted by Crippen LogP contribution is 2.68. The van der Waals surface area contributed by atoms with Crippen LogP contribution in [0.15, 0.2) is 0 Å². The maximum atomic E-state index is 10.6. The lowest BCUT2D eigenvalue weighted by atomic mass is 9.44. The molecule has 0 radical (unpaired) electrons. The number of aliphatic hydroxyl groups is 2. The van der Waals surface area contributed by atoms with Gasteiger partial charge in [0.25, 0.3) is 0 Å². The molecule has 2 heteroatoms. The smallest absolute Gasteiger partial charge is 0.0492 e. The molecule has 0 bridgehead atoms. The molecular weight excluding hydrogens is 356 g/mol. The van der Waals surface area contributed by atoms with Crippen LogP contribution in [0.2, 0.25) is 0 Å². The van der Waals surface area contributed by atoms with E-state index in [1.54, 1.807) is 0 Å². The van der Waals surface area contributed by atoms with Gasteiger partial charge in [0, 0.05) is 13.2 Å². The summed E-state index contributed by atoms with van der Waals surface area (Å²) in [5.74, 6) is 5.61. The summed E-state index contributed by atoms with van der Waals surface area (Å²) in [5, 5.41) is 19.9. The molecule has 4 saturated carbocycles. The van der Waals surface area contributed by atoms with Crippen molar-refractivity contribution in [3.63, 3.8) is 0 Å². The summed E-state index contributed by atoms with van der Waals surface area (Å²) in [5.41, 5.74) is 0.827. The molecule has 4 aliphatic rings. The summed E-state index contributed by atoms with van der Waals surface area (Å²) < 4.78 is 0. The zero-order valence-electron chi connectivity index (χ0n) is 19.5. The Kier molecular flexibility index (Phi) is 6.72. The average molecular weight is 405 g/mol. The normalized spacial score (nSPS) is 46.4. The van der Waals surface area contributed by atoms with Gasteiger partial charge in [-0.05, 0) is 110 Å². The highest BCUT2D eigenvalue weighted by molar-refractivity contribution is 5.10. The van der Waals surface area contributed by atoms with Gasteiger partial charge >= 0.3 is 0 Å². The third kappa shape index (κ3) is 3.73. The molecule has 4 aliphatic carbocycles. The van der Waals surface area contributed by atoms with Crippen LogP contribution in [0, 0.1) is 52.3 Å². The van der Waals surface area contributed by atoms with E-state index in [1.165, 1.54) is 83.5 Å². The molecule has 2 unspecified atom stereocenters. The molecule has 4 fully saturated rings. The van der Waals surface area contributed by atoms with Gasteiger partial charge in [-0.1, -0.05) is 46.5 Å². The van der Waals surface area contributed by atoms with Gasteiger partial charge in [0.05, 0.1) is 0 Å². The Morgan fingerprint density at radius 3 is 2.45 bits per heavy atom. The first-order valence-electron chi connectivity index (χ1n) is 13.2. The van der Waals surface area contributed by atoms with Crippen molar-refractivity contribution in [3.8, 4) is 0 Å². The van der Waals surface area contributed by atoms with Gasteiger partial charge in [-0.3, -0.25) is 0 Å². The van der Waals surface area contributed by atoms with Crippen molar-refractivity contribution < 1.29 is 10.2 Å². The van der Waals surface area contributed by atoms with Crippen molar-refractivity contribution in [3.05, 3.63) is 0 Å². The second-order valence-corrected chi connectivity index (χ2v) is 12.2. The van der Waals surface area contributed by atoms with Gasteiger partial charge in [-0.2, -0.15) is 0 Å². The van der Waals surface area contributed by atoms with Crippen molar-refractivity contribution in [2.45, 2.75) is 104 Å². The van der Waals surface area contributed by atoms with E-state index in [-0.39, 0.29) is 5.41 Å². The minimum Gasteiger partial charge on any atom is -0.396 e. The molecule has 0 heterocycles. The number of rotatable bonds is 7. The summed E-state index contributed by atoms with van der Waals surface area (Å²) >= 11 is 0. The summed E-state index contributed by atoms with van der Waals surface area (Å²) in [6, 6.07) is 0. The summed E-state index contributed by atoms with van der Waals surface area (Å²) in [6.45, 7) is 8.18. The number of aliphatic hydroxyl groups excluding tert-OH is 2. The molecule has 2 N–H and O–H groups in total. The quantitative estimate of drug-likeness (QED) is 0.512. The lowest BCUT2D eigenvalue weighted by Gasteiger charge is -2.61. The number of hydrogen-bond donors (Lipinski definition) is 2. The first-order valence-corrected chi connectivity index (χ1v) is 13.2. The molecular formula is C27H48O2. The molecule has 0 aromatic carbocycles. The largest absolute Gasteiger partial charge is 0.396 e. The van der Waals surface area contributed by atoms with E-state index in [1.807, 2.05) is 0 Å². The van der Waals surface area contributed by atoms with Crippen LogP contribution in [0.25, 0.3) is 0 Å². The van der Waals surface area contributed by atoms with Crippen molar-refractivity contribution in [2.24, 2.45) is 52.3 Å². The maximum absolute atomic E-state index is 10.6. The minimum absolute atomic E-state index is 0.284. The molecule has 4 rings (SSSR count). The molecule has 0 spiro atoms. The van der Waals surface area contributed by atoms with Crippen molar-refractivity contribution in [1.82, 2.24) is 0 Å². The van der Waals surface area contributed by atoms with Gasteiger partial charge in [0.1, 0.15) is 0 Å². The highest BCUT2D eigenvalue weighted by atomic mass is 16.3. The van der Waals surface area contributed by atoms with Crippen LogP contribution in [0.3, 0.4) is 0 Å². The molecule has 0 amide bonds. The molecule has 0 aromatic heterocycles. The predicted octanol–water partition coefficient (Wildman–Crippen LogP) is 6.44. The van der Waals surface area contributed by atoms with Gasteiger partial charge in [0.2, 0.25) is 0 Å². The lowest BCUT2D eigenvalue weighted by molar-refractivity contribution is -0.141. The molecule has 0 aliphatic heterocycles. The lowest BCUT2D eigenvalue weighted by Crippen LogP contribution is -2.55. The zero-order chi connectivity index (χ0) is 20.6. The Labute approximate surface area is 180 Å². The number of fused-ring (bicyclic) bond motifs is 5. The maximum Gasteiger partial charge on any atom is 0.0492 e. The Balaban J connectivity index is 1.45. The van der Waals surface area contributed by atoms with Gasteiger partial charge in [-0.25, -0.2) is 0 Å². The second-order valence-electron chi connectivity index (χ2n) is 12.2. The van der Waals surface area contributed by atoms with Crippen molar-refractivity contribution >= 4 is 0 Å². The van der Waals surface area contributed by atoms with E-state index in [2.05, 4.69) is 20.8 Å². The van der Waals surface area contributed by atoms with Crippen LogP contribution in [-0.2, 0) is 0 Å². The fourth-order valence-corrected chi connectivity index (χ4v) is 9.44. The van der Waals surface area contributed by atoms with E-state index in [0.717, 1.165) is 35.5 Å². The second kappa shape index (κ2) is 8.81.